The molecule has 6 aromatic carbocycles. The maximum absolute atomic E-state index is 5.19. The van der Waals surface area contributed by atoms with Gasteiger partial charge in [-0.1, -0.05) is 0 Å². The van der Waals surface area contributed by atoms with Crippen LogP contribution in [-0.2, 0) is 14.4 Å². The zero-order valence-electron chi connectivity index (χ0n) is 32.3. The van der Waals surface area contributed by atoms with Gasteiger partial charge in [-0.2, -0.15) is 0 Å². The molecule has 264 valence electrons. The van der Waals surface area contributed by atoms with Gasteiger partial charge >= 0.3 is 310 Å². The number of allylic oxidation sites excluding steroid dienone is 2. The van der Waals surface area contributed by atoms with Crippen molar-refractivity contribution in [1.29, 1.82) is 0 Å². The first kappa shape index (κ1) is 35.4. The first-order valence-corrected chi connectivity index (χ1v) is 37.1. The Morgan fingerprint density at radius 3 is 1.27 bits per heavy atom. The summed E-state index contributed by atoms with van der Waals surface area (Å²) in [5, 5.41) is 5.30. The van der Waals surface area contributed by atoms with E-state index < -0.39 is 14.4 Å². The second-order valence-electron chi connectivity index (χ2n) is 19.4. The number of benzene rings is 6. The first-order chi connectivity index (χ1) is 24.9. The third-order valence-corrected chi connectivity index (χ3v) is 53.9. The number of fused-ring (bicyclic) bond motifs is 4. The molecule has 0 aromatic heterocycles. The van der Waals surface area contributed by atoms with Gasteiger partial charge in [0.1, 0.15) is 0 Å². The van der Waals surface area contributed by atoms with Gasteiger partial charge < -0.3 is 0 Å². The summed E-state index contributed by atoms with van der Waals surface area (Å²) < 4.78 is 9.44. The zero-order valence-corrected chi connectivity index (χ0v) is 36.2. The van der Waals surface area contributed by atoms with Crippen LogP contribution in [0.15, 0.2) is 132 Å². The van der Waals surface area contributed by atoms with Crippen LogP contribution >= 0.6 is 0 Å². The molecule has 0 bridgehead atoms. The Bertz CT molecular complexity index is 2430. The van der Waals surface area contributed by atoms with Crippen molar-refractivity contribution in [2.75, 3.05) is 0 Å². The Morgan fingerprint density at radius 1 is 0.481 bits per heavy atom. The minimum absolute atomic E-state index is 0.415. The second-order valence-corrected chi connectivity index (χ2v) is 72.9. The topological polar surface area (TPSA) is 0 Å². The summed E-state index contributed by atoms with van der Waals surface area (Å²) in [5.74, 6) is 0. The van der Waals surface area contributed by atoms with E-state index in [-0.39, 0.29) is 0 Å². The van der Waals surface area contributed by atoms with Gasteiger partial charge in [-0.05, 0) is 0 Å². The van der Waals surface area contributed by atoms with Crippen molar-refractivity contribution >= 4 is 40.6 Å². The molecule has 0 amide bonds. The molecule has 2 aliphatic rings. The summed E-state index contributed by atoms with van der Waals surface area (Å²) >= 11 is -5.19. The van der Waals surface area contributed by atoms with E-state index in [1.807, 2.05) is 0 Å². The molecule has 0 spiro atoms. The monoisotopic (exact) mass is 774 g/mol. The maximum atomic E-state index is 2.98. The second kappa shape index (κ2) is 11.7. The summed E-state index contributed by atoms with van der Waals surface area (Å²) in [6.07, 6.45) is 10.2. The van der Waals surface area contributed by atoms with Crippen LogP contribution in [0.3, 0.4) is 0 Å². The van der Waals surface area contributed by atoms with E-state index in [4.69, 9.17) is 0 Å². The molecule has 2 unspecified atom stereocenters. The van der Waals surface area contributed by atoms with Crippen molar-refractivity contribution in [2.45, 2.75) is 78.2 Å². The Balaban J connectivity index is 1.43. The number of unbranched alkanes of at least 4 members (excludes halogenated alkanes) is 2. The molecule has 0 heterocycles. The van der Waals surface area contributed by atoms with Gasteiger partial charge in [0.05, 0.1) is 0 Å². The van der Waals surface area contributed by atoms with Crippen LogP contribution in [0.25, 0.3) is 56.0 Å². The van der Waals surface area contributed by atoms with Crippen LogP contribution in [0.5, 0.6) is 0 Å². The molecule has 6 aromatic rings. The normalized spacial score (nSPS) is 18.9. The van der Waals surface area contributed by atoms with E-state index in [2.05, 4.69) is 177 Å². The third kappa shape index (κ3) is 5.00. The molecule has 0 saturated heterocycles. The fraction of sp³-hybridized carbons (Fsp3) is 0.280. The van der Waals surface area contributed by atoms with Crippen molar-refractivity contribution in [2.24, 2.45) is 0 Å². The molecule has 52 heavy (non-hydrogen) atoms. The van der Waals surface area contributed by atoms with Gasteiger partial charge in [-0.3, -0.25) is 0 Å². The predicted octanol–water partition coefficient (Wildman–Crippen LogP) is 14.8. The molecule has 2 heteroatoms. The molecule has 0 N–H and O–H groups in total. The third-order valence-electron chi connectivity index (χ3n) is 14.8. The van der Waals surface area contributed by atoms with E-state index in [9.17, 15) is 0 Å². The predicted molar refractivity (Wildman–Crippen MR) is 231 cm³/mol. The van der Waals surface area contributed by atoms with E-state index in [0.29, 0.717) is 7.25 Å². The van der Waals surface area contributed by atoms with E-state index in [1.54, 1.807) is 22.3 Å². The summed E-state index contributed by atoms with van der Waals surface area (Å²) in [4.78, 5) is 0. The number of rotatable bonds is 10. The Kier molecular flexibility index (Phi) is 7.98. The molecule has 0 fully saturated rings. The van der Waals surface area contributed by atoms with Crippen molar-refractivity contribution in [3.05, 3.63) is 155 Å². The number of hydrogen-bond acceptors (Lipinski definition) is 0. The molecule has 0 saturated carbocycles. The van der Waals surface area contributed by atoms with E-state index in [0.717, 1.165) is 0 Å². The molecule has 0 radical (unpaired) electrons. The van der Waals surface area contributed by atoms with Crippen LogP contribution in [0, 0.1) is 0 Å². The van der Waals surface area contributed by atoms with Gasteiger partial charge in [-0.25, -0.2) is 0 Å². The fourth-order valence-corrected chi connectivity index (χ4v) is 55.6. The van der Waals surface area contributed by atoms with Gasteiger partial charge in [0.15, 0.2) is 0 Å². The minimum atomic E-state index is -5.19. The van der Waals surface area contributed by atoms with Crippen molar-refractivity contribution in [3.63, 3.8) is 0 Å². The van der Waals surface area contributed by atoms with Gasteiger partial charge in [0.2, 0.25) is 0 Å². The van der Waals surface area contributed by atoms with Crippen LogP contribution < -0.4 is 0 Å². The molecule has 0 nitrogen and oxygen atoms in total. The average molecular weight is 776 g/mol. The molecule has 2 atom stereocenters. The summed E-state index contributed by atoms with van der Waals surface area (Å²) in [6.45, 7) is 12.5. The van der Waals surface area contributed by atoms with Crippen LogP contribution in [0.2, 0.25) is 17.5 Å². The Hall–Kier alpha value is -3.58. The van der Waals surface area contributed by atoms with Gasteiger partial charge in [0.25, 0.3) is 0 Å². The summed E-state index contributed by atoms with van der Waals surface area (Å²) in [6, 6.07) is 46.1. The fourth-order valence-electron chi connectivity index (χ4n) is 12.9. The zero-order chi connectivity index (χ0) is 36.4. The molecular formula is C50H56SiZr. The summed E-state index contributed by atoms with van der Waals surface area (Å²) in [5.41, 5.74) is 14.7. The molecule has 8 rings (SSSR count). The Morgan fingerprint density at radius 2 is 0.846 bits per heavy atom. The van der Waals surface area contributed by atoms with Crippen LogP contribution in [-0.4, -0.2) is 6.88 Å². The Labute approximate surface area is 308 Å². The quantitative estimate of drug-likeness (QED) is 0.122. The van der Waals surface area contributed by atoms with E-state index in [1.165, 1.54) is 88.9 Å². The molecular weight excluding hydrogens is 720 g/mol. The number of hydrogen-bond donors (Lipinski definition) is 0. The van der Waals surface area contributed by atoms with Crippen molar-refractivity contribution in [3.8, 4) is 22.3 Å². The molecule has 0 aliphatic heterocycles. The standard InChI is InChI=1S/2C20H15.2C4H9.2CH3.H2Si.Zr/c2*1-14-12-16-8-5-11-19(20(16)13-14)18-10-4-7-15-6-2-3-9-17(15)18;2*1-3-4-2;;;;/h2*2-13H,1H3;2*1,3-4H2,2H3;2*1H3;1H2;. The summed E-state index contributed by atoms with van der Waals surface area (Å²) in [7, 11) is 0. The van der Waals surface area contributed by atoms with Gasteiger partial charge in [-0.15, -0.1) is 0 Å². The van der Waals surface area contributed by atoms with Crippen molar-refractivity contribution in [1.82, 2.24) is 0 Å². The van der Waals surface area contributed by atoms with E-state index >= 15 is 0 Å². The van der Waals surface area contributed by atoms with Crippen LogP contribution in [0.4, 0.5) is 0 Å². The SMILES string of the molecule is CCC[CH2][Zr]([CH3])([CH3])(=[SiH2])([CH2]CCC)([CH]1C(C)=Cc2c(-c3cccc4ccccc34)cccc21)[CH]1C(C)=Cc2c(-c3cccc4ccccc34)cccc21. The van der Waals surface area contributed by atoms with Gasteiger partial charge in [0, 0.05) is 0 Å². The average Bonchev–Trinajstić information content (AvgIpc) is 3.71. The van der Waals surface area contributed by atoms with Crippen molar-refractivity contribution < 1.29 is 14.4 Å². The van der Waals surface area contributed by atoms with Crippen LogP contribution in [0.1, 0.15) is 82.9 Å². The molecule has 2 aliphatic carbocycles. The first-order valence-electron chi connectivity index (χ1n) is 20.0.